The normalized spacial score (nSPS) is 13.8. The maximum absolute atomic E-state index is 13.0. The molecular weight excluding hydrogens is 301 g/mol. The van der Waals surface area contributed by atoms with Crippen LogP contribution in [0.2, 0.25) is 0 Å². The Morgan fingerprint density at radius 2 is 1.85 bits per heavy atom. The number of ether oxygens (including phenoxy) is 1. The number of halogens is 3. The molecule has 0 saturated heterocycles. The number of carbonyl (C=O) groups is 1. The van der Waals surface area contributed by atoms with Crippen LogP contribution in [0.25, 0.3) is 0 Å². The van der Waals surface area contributed by atoms with Gasteiger partial charge in [-0.05, 0) is 19.1 Å². The van der Waals surface area contributed by atoms with Gasteiger partial charge < -0.3 is 9.29 Å². The summed E-state index contributed by atoms with van der Waals surface area (Å²) in [7, 11) is -6.17. The van der Waals surface area contributed by atoms with E-state index in [1.807, 2.05) is 0 Å². The number of rotatable bonds is 5. The Labute approximate surface area is 113 Å². The zero-order valence-corrected chi connectivity index (χ0v) is 11.0. The van der Waals surface area contributed by atoms with Crippen LogP contribution in [0, 0.1) is 6.92 Å². The van der Waals surface area contributed by atoms with Gasteiger partial charge in [0.1, 0.15) is 6.61 Å². The fourth-order valence-electron chi connectivity index (χ4n) is 1.18. The zero-order chi connectivity index (χ0) is 15.6. The third-order valence-electron chi connectivity index (χ3n) is 2.35. The molecule has 0 radical (unpaired) electrons. The van der Waals surface area contributed by atoms with E-state index in [0.29, 0.717) is 0 Å². The predicted molar refractivity (Wildman–Crippen MR) is 61.0 cm³/mol. The molecule has 1 unspecified atom stereocenters. The Morgan fingerprint density at radius 1 is 1.35 bits per heavy atom. The highest BCUT2D eigenvalue weighted by atomic mass is 32.2. The van der Waals surface area contributed by atoms with E-state index in [2.05, 4.69) is 4.74 Å². The van der Waals surface area contributed by atoms with Gasteiger partial charge >= 0.3 is 11.2 Å². The third kappa shape index (κ3) is 3.70. The molecule has 0 aliphatic rings. The van der Waals surface area contributed by atoms with Crippen LogP contribution in [-0.4, -0.2) is 37.0 Å². The Kier molecular flexibility index (Phi) is 4.77. The van der Waals surface area contributed by atoms with Crippen molar-refractivity contribution in [1.29, 1.82) is 0 Å². The summed E-state index contributed by atoms with van der Waals surface area (Å²) < 4.78 is 73.2. The lowest BCUT2D eigenvalue weighted by Gasteiger charge is -2.23. The van der Waals surface area contributed by atoms with Crippen molar-refractivity contribution in [2.24, 2.45) is 0 Å². The molecule has 0 N–H and O–H groups in total. The quantitative estimate of drug-likeness (QED) is 0.609. The van der Waals surface area contributed by atoms with E-state index >= 15 is 0 Å². The van der Waals surface area contributed by atoms with E-state index < -0.39 is 34.1 Å². The average Bonchev–Trinajstić information content (AvgIpc) is 2.34. The largest absolute Gasteiger partial charge is 0.743 e. The van der Waals surface area contributed by atoms with Crippen molar-refractivity contribution in [1.82, 2.24) is 0 Å². The summed E-state index contributed by atoms with van der Waals surface area (Å²) in [4.78, 5) is 11.4. The van der Waals surface area contributed by atoms with Crippen molar-refractivity contribution in [2.45, 2.75) is 18.3 Å². The lowest BCUT2D eigenvalue weighted by molar-refractivity contribution is -0.0362. The molecule has 20 heavy (non-hydrogen) atoms. The van der Waals surface area contributed by atoms with Gasteiger partial charge in [0.15, 0.2) is 10.1 Å². The first-order chi connectivity index (χ1) is 9.05. The predicted octanol–water partition coefficient (Wildman–Crippen LogP) is 1.63. The monoisotopic (exact) mass is 311 g/mol. The summed E-state index contributed by atoms with van der Waals surface area (Å²) in [6.45, 7) is 0.202. The van der Waals surface area contributed by atoms with Gasteiger partial charge in [-0.25, -0.2) is 17.6 Å². The molecule has 0 bridgehead atoms. The van der Waals surface area contributed by atoms with Gasteiger partial charge in [-0.3, -0.25) is 0 Å². The van der Waals surface area contributed by atoms with Crippen LogP contribution in [0.5, 0.6) is 0 Å². The first kappa shape index (κ1) is 16.4. The minimum atomic E-state index is -6.17. The summed E-state index contributed by atoms with van der Waals surface area (Å²) in [6.07, 6.45) is -3.43. The molecule has 0 amide bonds. The van der Waals surface area contributed by atoms with Crippen LogP contribution in [0.1, 0.15) is 15.9 Å². The van der Waals surface area contributed by atoms with E-state index in [9.17, 15) is 30.9 Å². The smallest absolute Gasteiger partial charge is 0.368 e. The molecule has 0 heterocycles. The van der Waals surface area contributed by atoms with Gasteiger partial charge in [-0.2, -0.15) is 8.78 Å². The van der Waals surface area contributed by atoms with Crippen LogP contribution in [0.15, 0.2) is 24.3 Å². The van der Waals surface area contributed by atoms with Crippen molar-refractivity contribution in [3.05, 3.63) is 35.4 Å². The molecule has 1 aromatic carbocycles. The van der Waals surface area contributed by atoms with Crippen LogP contribution in [-0.2, 0) is 14.9 Å². The summed E-state index contributed by atoms with van der Waals surface area (Å²) in [5.74, 6) is -1.10. The van der Waals surface area contributed by atoms with Crippen molar-refractivity contribution in [2.75, 3.05) is 6.61 Å². The van der Waals surface area contributed by atoms with E-state index in [-0.39, 0.29) is 5.56 Å². The first-order valence-electron chi connectivity index (χ1n) is 5.27. The third-order valence-corrected chi connectivity index (χ3v) is 3.27. The highest BCUT2D eigenvalue weighted by Crippen LogP contribution is 2.27. The molecule has 0 saturated carbocycles. The number of alkyl halides is 3. The fourth-order valence-corrected chi connectivity index (χ4v) is 1.56. The highest BCUT2D eigenvalue weighted by molar-refractivity contribution is 7.86. The summed E-state index contributed by atoms with van der Waals surface area (Å²) in [6, 6.07) is 5.74. The van der Waals surface area contributed by atoms with Gasteiger partial charge in [-0.15, -0.1) is 0 Å². The van der Waals surface area contributed by atoms with E-state index in [1.54, 1.807) is 19.1 Å². The molecule has 1 aromatic rings. The standard InChI is InChI=1S/C11H11F3O5S/c1-7-2-4-8(5-3-7)10(15)19-6-9(12)11(13,14)20(16,17)18/h2-5,9H,6H2,1H3,(H,16,17,18)/p-1. The van der Waals surface area contributed by atoms with Gasteiger partial charge in [-0.1, -0.05) is 17.7 Å². The number of benzene rings is 1. The van der Waals surface area contributed by atoms with Gasteiger partial charge in [0.05, 0.1) is 5.56 Å². The summed E-state index contributed by atoms with van der Waals surface area (Å²) in [5.41, 5.74) is 0.810. The van der Waals surface area contributed by atoms with Crippen molar-refractivity contribution >= 4 is 16.1 Å². The summed E-state index contributed by atoms with van der Waals surface area (Å²) in [5, 5.41) is -5.15. The number of carbonyl (C=O) groups excluding carboxylic acids is 1. The second-order valence-electron chi connectivity index (χ2n) is 3.95. The van der Waals surface area contributed by atoms with Crippen LogP contribution >= 0.6 is 0 Å². The van der Waals surface area contributed by atoms with Gasteiger partial charge in [0.25, 0.3) is 0 Å². The molecule has 0 aliphatic carbocycles. The van der Waals surface area contributed by atoms with Crippen molar-refractivity contribution < 1.29 is 35.7 Å². The minimum absolute atomic E-state index is 0.0175. The van der Waals surface area contributed by atoms with Crippen LogP contribution in [0.4, 0.5) is 13.2 Å². The summed E-state index contributed by atoms with van der Waals surface area (Å²) >= 11 is 0. The Morgan fingerprint density at radius 3 is 2.30 bits per heavy atom. The fraction of sp³-hybridized carbons (Fsp3) is 0.364. The molecule has 0 aliphatic heterocycles. The average molecular weight is 311 g/mol. The SMILES string of the molecule is Cc1ccc(C(=O)OCC(F)C(F)(F)S(=O)(=O)[O-])cc1. The van der Waals surface area contributed by atoms with Gasteiger partial charge in [0, 0.05) is 0 Å². The van der Waals surface area contributed by atoms with Crippen LogP contribution < -0.4 is 0 Å². The maximum Gasteiger partial charge on any atom is 0.368 e. The number of hydrogen-bond donors (Lipinski definition) is 0. The number of aryl methyl sites for hydroxylation is 1. The minimum Gasteiger partial charge on any atom is -0.743 e. The molecular formula is C11H10F3O5S-. The zero-order valence-electron chi connectivity index (χ0n) is 10.2. The van der Waals surface area contributed by atoms with E-state index in [1.165, 1.54) is 12.1 Å². The Hall–Kier alpha value is -1.61. The number of esters is 1. The second kappa shape index (κ2) is 5.80. The molecule has 0 spiro atoms. The molecule has 0 aromatic heterocycles. The molecule has 0 fully saturated rings. The Bertz CT molecular complexity index is 583. The first-order valence-corrected chi connectivity index (χ1v) is 6.67. The Balaban J connectivity index is 2.68. The van der Waals surface area contributed by atoms with Crippen molar-refractivity contribution in [3.63, 3.8) is 0 Å². The lowest BCUT2D eigenvalue weighted by atomic mass is 10.1. The molecule has 112 valence electrons. The van der Waals surface area contributed by atoms with E-state index in [4.69, 9.17) is 0 Å². The molecule has 9 heteroatoms. The number of hydrogen-bond acceptors (Lipinski definition) is 5. The van der Waals surface area contributed by atoms with E-state index in [0.717, 1.165) is 5.56 Å². The molecule has 1 rings (SSSR count). The molecule has 5 nitrogen and oxygen atoms in total. The lowest BCUT2D eigenvalue weighted by Crippen LogP contribution is -2.41. The molecule has 1 atom stereocenters. The van der Waals surface area contributed by atoms with Gasteiger partial charge in [0.2, 0.25) is 6.17 Å². The van der Waals surface area contributed by atoms with Crippen LogP contribution in [0.3, 0.4) is 0 Å². The highest BCUT2D eigenvalue weighted by Gasteiger charge is 2.48. The topological polar surface area (TPSA) is 83.5 Å². The maximum atomic E-state index is 13.0. The van der Waals surface area contributed by atoms with Crippen molar-refractivity contribution in [3.8, 4) is 0 Å². The second-order valence-corrected chi connectivity index (χ2v) is 5.40.